The molecule has 0 unspecified atom stereocenters. The molecule has 0 aliphatic carbocycles. The summed E-state index contributed by atoms with van der Waals surface area (Å²) in [5.41, 5.74) is 3.56. The van der Waals surface area contributed by atoms with Crippen LogP contribution in [0.25, 0.3) is 5.57 Å². The quantitative estimate of drug-likeness (QED) is 0.708. The van der Waals surface area contributed by atoms with Gasteiger partial charge in [0, 0.05) is 0 Å². The van der Waals surface area contributed by atoms with Crippen molar-refractivity contribution in [3.05, 3.63) is 41.5 Å². The van der Waals surface area contributed by atoms with Gasteiger partial charge < -0.3 is 5.11 Å². The summed E-state index contributed by atoms with van der Waals surface area (Å²) in [6.07, 6.45) is 1.81. The number of hydrogen-bond donors (Lipinski definition) is 1. The second-order valence-corrected chi connectivity index (χ2v) is 2.94. The average molecular weight is 162 g/mol. The van der Waals surface area contributed by atoms with Crippen molar-refractivity contribution in [2.75, 3.05) is 6.61 Å². The molecule has 1 aromatic rings. The van der Waals surface area contributed by atoms with Crippen molar-refractivity contribution in [3.63, 3.8) is 0 Å². The van der Waals surface area contributed by atoms with Crippen LogP contribution in [0.4, 0.5) is 0 Å². The Kier molecular flexibility index (Phi) is 3.06. The van der Waals surface area contributed by atoms with Crippen LogP contribution in [0, 0.1) is 6.92 Å². The molecule has 1 rings (SSSR count). The summed E-state index contributed by atoms with van der Waals surface area (Å²) in [5.74, 6) is 0. The zero-order chi connectivity index (χ0) is 8.97. The monoisotopic (exact) mass is 162 g/mol. The summed E-state index contributed by atoms with van der Waals surface area (Å²) < 4.78 is 0. The molecule has 1 heteroatoms. The fraction of sp³-hybridized carbons (Fsp3) is 0.273. The van der Waals surface area contributed by atoms with Crippen LogP contribution in [-0.4, -0.2) is 11.7 Å². The van der Waals surface area contributed by atoms with E-state index in [9.17, 15) is 0 Å². The van der Waals surface area contributed by atoms with Gasteiger partial charge in [0.25, 0.3) is 0 Å². The zero-order valence-corrected chi connectivity index (χ0v) is 7.54. The average Bonchev–Trinajstić information content (AvgIpc) is 2.06. The lowest BCUT2D eigenvalue weighted by Gasteiger charge is -2.00. The molecule has 0 heterocycles. The number of benzene rings is 1. The maximum Gasteiger partial charge on any atom is 0.0618 e. The third kappa shape index (κ3) is 2.21. The first-order valence-corrected chi connectivity index (χ1v) is 4.08. The minimum absolute atomic E-state index is 0.111. The SMILES string of the molecule is C/C(=C/CO)c1ccc(C)cc1. The van der Waals surface area contributed by atoms with E-state index in [0.29, 0.717) is 0 Å². The fourth-order valence-electron chi connectivity index (χ4n) is 1.07. The van der Waals surface area contributed by atoms with E-state index in [-0.39, 0.29) is 6.61 Å². The number of aryl methyl sites for hydroxylation is 1. The molecule has 0 spiro atoms. The first kappa shape index (κ1) is 9.01. The smallest absolute Gasteiger partial charge is 0.0618 e. The summed E-state index contributed by atoms with van der Waals surface area (Å²) in [6, 6.07) is 8.28. The Hall–Kier alpha value is -1.08. The molecular formula is C11H14O. The van der Waals surface area contributed by atoms with E-state index in [1.165, 1.54) is 11.1 Å². The van der Waals surface area contributed by atoms with Gasteiger partial charge in [0.05, 0.1) is 6.61 Å². The highest BCUT2D eigenvalue weighted by molar-refractivity contribution is 5.63. The molecule has 0 bridgehead atoms. The number of allylic oxidation sites excluding steroid dienone is 1. The van der Waals surface area contributed by atoms with Crippen LogP contribution in [0.1, 0.15) is 18.1 Å². The minimum Gasteiger partial charge on any atom is -0.392 e. The van der Waals surface area contributed by atoms with Gasteiger partial charge in [-0.3, -0.25) is 0 Å². The number of hydrogen-bond acceptors (Lipinski definition) is 1. The molecule has 0 aromatic heterocycles. The molecule has 0 radical (unpaired) electrons. The number of aliphatic hydroxyl groups is 1. The zero-order valence-electron chi connectivity index (χ0n) is 7.54. The molecule has 0 aliphatic rings. The molecule has 1 N–H and O–H groups in total. The molecule has 12 heavy (non-hydrogen) atoms. The summed E-state index contributed by atoms with van der Waals surface area (Å²) in [7, 11) is 0. The van der Waals surface area contributed by atoms with Crippen LogP contribution in [0.3, 0.4) is 0 Å². The first-order valence-electron chi connectivity index (χ1n) is 4.08. The Morgan fingerprint density at radius 1 is 1.33 bits per heavy atom. The van der Waals surface area contributed by atoms with Crippen molar-refractivity contribution in [2.45, 2.75) is 13.8 Å². The molecule has 0 atom stereocenters. The highest BCUT2D eigenvalue weighted by Crippen LogP contribution is 2.13. The van der Waals surface area contributed by atoms with Crippen molar-refractivity contribution in [3.8, 4) is 0 Å². The van der Waals surface area contributed by atoms with E-state index in [2.05, 4.69) is 31.2 Å². The second-order valence-electron chi connectivity index (χ2n) is 2.94. The van der Waals surface area contributed by atoms with Crippen molar-refractivity contribution in [1.29, 1.82) is 0 Å². The van der Waals surface area contributed by atoms with Crippen molar-refractivity contribution >= 4 is 5.57 Å². The molecule has 0 saturated heterocycles. The lowest BCUT2D eigenvalue weighted by Crippen LogP contribution is -1.82. The Labute approximate surface area is 73.4 Å². The second kappa shape index (κ2) is 4.07. The molecular weight excluding hydrogens is 148 g/mol. The third-order valence-electron chi connectivity index (χ3n) is 1.90. The molecule has 1 nitrogen and oxygen atoms in total. The van der Waals surface area contributed by atoms with Crippen LogP contribution < -0.4 is 0 Å². The van der Waals surface area contributed by atoms with E-state index in [1.807, 2.05) is 13.0 Å². The standard InChI is InChI=1S/C11H14O/c1-9-3-5-11(6-4-9)10(2)7-8-12/h3-7,12H,8H2,1-2H3/b10-7-. The van der Waals surface area contributed by atoms with Gasteiger partial charge >= 0.3 is 0 Å². The first-order chi connectivity index (χ1) is 5.74. The fourth-order valence-corrected chi connectivity index (χ4v) is 1.07. The van der Waals surface area contributed by atoms with Gasteiger partial charge in [-0.2, -0.15) is 0 Å². The molecule has 0 fully saturated rings. The summed E-state index contributed by atoms with van der Waals surface area (Å²) >= 11 is 0. The van der Waals surface area contributed by atoms with E-state index in [4.69, 9.17) is 5.11 Å². The van der Waals surface area contributed by atoms with Gasteiger partial charge in [-0.25, -0.2) is 0 Å². The third-order valence-corrected chi connectivity index (χ3v) is 1.90. The minimum atomic E-state index is 0.111. The lowest BCUT2D eigenvalue weighted by atomic mass is 10.1. The van der Waals surface area contributed by atoms with Crippen molar-refractivity contribution in [1.82, 2.24) is 0 Å². The number of rotatable bonds is 2. The highest BCUT2D eigenvalue weighted by atomic mass is 16.2. The van der Waals surface area contributed by atoms with E-state index in [0.717, 1.165) is 5.57 Å². The van der Waals surface area contributed by atoms with Crippen molar-refractivity contribution in [2.24, 2.45) is 0 Å². The summed E-state index contributed by atoms with van der Waals surface area (Å²) in [4.78, 5) is 0. The lowest BCUT2D eigenvalue weighted by molar-refractivity contribution is 0.343. The molecule has 0 aliphatic heterocycles. The van der Waals surface area contributed by atoms with Gasteiger partial charge in [0.2, 0.25) is 0 Å². The largest absolute Gasteiger partial charge is 0.392 e. The summed E-state index contributed by atoms with van der Waals surface area (Å²) in [5, 5.41) is 8.68. The van der Waals surface area contributed by atoms with Gasteiger partial charge in [-0.05, 0) is 25.0 Å². The Balaban J connectivity index is 2.89. The van der Waals surface area contributed by atoms with Gasteiger partial charge in [0.15, 0.2) is 0 Å². The summed E-state index contributed by atoms with van der Waals surface area (Å²) in [6.45, 7) is 4.18. The Morgan fingerprint density at radius 3 is 2.42 bits per heavy atom. The van der Waals surface area contributed by atoms with Crippen LogP contribution in [0.5, 0.6) is 0 Å². The Morgan fingerprint density at radius 2 is 1.92 bits per heavy atom. The predicted molar refractivity (Wildman–Crippen MR) is 51.9 cm³/mol. The highest BCUT2D eigenvalue weighted by Gasteiger charge is 1.92. The van der Waals surface area contributed by atoms with Gasteiger partial charge in [-0.1, -0.05) is 35.9 Å². The van der Waals surface area contributed by atoms with E-state index in [1.54, 1.807) is 0 Å². The van der Waals surface area contributed by atoms with Gasteiger partial charge in [-0.15, -0.1) is 0 Å². The van der Waals surface area contributed by atoms with Crippen LogP contribution >= 0.6 is 0 Å². The number of aliphatic hydroxyl groups excluding tert-OH is 1. The molecule has 64 valence electrons. The van der Waals surface area contributed by atoms with Crippen LogP contribution in [-0.2, 0) is 0 Å². The topological polar surface area (TPSA) is 20.2 Å². The molecule has 0 saturated carbocycles. The maximum absolute atomic E-state index is 8.68. The predicted octanol–water partition coefficient (Wildman–Crippen LogP) is 2.39. The maximum atomic E-state index is 8.68. The normalized spacial score (nSPS) is 11.8. The van der Waals surface area contributed by atoms with E-state index < -0.39 is 0 Å². The van der Waals surface area contributed by atoms with Gasteiger partial charge in [0.1, 0.15) is 0 Å². The molecule has 1 aromatic carbocycles. The van der Waals surface area contributed by atoms with Crippen LogP contribution in [0.2, 0.25) is 0 Å². The van der Waals surface area contributed by atoms with Crippen LogP contribution in [0.15, 0.2) is 30.3 Å². The van der Waals surface area contributed by atoms with Crippen molar-refractivity contribution < 1.29 is 5.11 Å². The Bertz CT molecular complexity index is 270. The van der Waals surface area contributed by atoms with E-state index >= 15 is 0 Å². The molecule has 0 amide bonds.